The van der Waals surface area contributed by atoms with Crippen LogP contribution < -0.4 is 5.73 Å². The van der Waals surface area contributed by atoms with Crippen LogP contribution in [0, 0.1) is 11.8 Å². The van der Waals surface area contributed by atoms with Gasteiger partial charge in [-0.1, -0.05) is 46.0 Å². The molecule has 1 aliphatic rings. The van der Waals surface area contributed by atoms with Crippen molar-refractivity contribution in [2.24, 2.45) is 11.8 Å². The zero-order valence-electron chi connectivity index (χ0n) is 10.9. The number of rotatable bonds is 6. The summed E-state index contributed by atoms with van der Waals surface area (Å²) in [4.78, 5) is 0. The van der Waals surface area contributed by atoms with E-state index in [2.05, 4.69) is 13.8 Å². The summed E-state index contributed by atoms with van der Waals surface area (Å²) in [5.74, 6) is 1.35. The highest BCUT2D eigenvalue weighted by Gasteiger charge is 2.22. The van der Waals surface area contributed by atoms with E-state index in [-0.39, 0.29) is 6.04 Å². The Balaban J connectivity index is 2.19. The zero-order chi connectivity index (χ0) is 12.0. The van der Waals surface area contributed by atoms with E-state index in [1.165, 1.54) is 32.1 Å². The molecule has 2 nitrogen and oxygen atoms in total. The van der Waals surface area contributed by atoms with E-state index in [1.54, 1.807) is 0 Å². The van der Waals surface area contributed by atoms with Gasteiger partial charge >= 0.3 is 0 Å². The molecule has 0 aromatic rings. The predicted octanol–water partition coefficient (Wildman–Crippen LogP) is 3.41. The predicted molar refractivity (Wildman–Crippen MR) is 68.2 cm³/mol. The first-order valence-corrected chi connectivity index (χ1v) is 6.98. The highest BCUT2D eigenvalue weighted by Crippen LogP contribution is 2.28. The molecule has 0 bridgehead atoms. The molecule has 0 aliphatic heterocycles. The Morgan fingerprint density at radius 2 is 1.75 bits per heavy atom. The van der Waals surface area contributed by atoms with Crippen LogP contribution in [0.5, 0.6) is 0 Å². The van der Waals surface area contributed by atoms with E-state index >= 15 is 0 Å². The lowest BCUT2D eigenvalue weighted by Crippen LogP contribution is -2.30. The summed E-state index contributed by atoms with van der Waals surface area (Å²) in [5.41, 5.74) is 8.01. The largest absolute Gasteiger partial charge is 0.391 e. The van der Waals surface area contributed by atoms with Crippen molar-refractivity contribution in [2.45, 2.75) is 77.4 Å². The minimum absolute atomic E-state index is 0.248. The molecule has 2 N–H and O–H groups in total. The quantitative estimate of drug-likeness (QED) is 0.741. The van der Waals surface area contributed by atoms with Gasteiger partial charge in [0.05, 0.1) is 6.10 Å². The molecule has 1 fully saturated rings. The molecule has 0 unspecified atom stereocenters. The number of nitrogens with one attached hydrogen (secondary N) is 1. The molecule has 1 radical (unpaired) electrons. The number of aliphatic hydroxyl groups excluding tert-OH is 1. The fraction of sp³-hybridized carbons (Fsp3) is 1.00. The van der Waals surface area contributed by atoms with Gasteiger partial charge in [0.15, 0.2) is 0 Å². The fourth-order valence-corrected chi connectivity index (χ4v) is 2.64. The molecule has 0 aromatic carbocycles. The van der Waals surface area contributed by atoms with Gasteiger partial charge in [-0.2, -0.15) is 0 Å². The average Bonchev–Trinajstić information content (AvgIpc) is 2.27. The van der Waals surface area contributed by atoms with Gasteiger partial charge in [0.25, 0.3) is 0 Å². The second-order valence-electron chi connectivity index (χ2n) is 5.88. The van der Waals surface area contributed by atoms with Gasteiger partial charge in [-0.05, 0) is 31.1 Å². The highest BCUT2D eigenvalue weighted by atomic mass is 16.3. The third kappa shape index (κ3) is 5.31. The monoisotopic (exact) mass is 226 g/mol. The van der Waals surface area contributed by atoms with Gasteiger partial charge < -0.3 is 5.11 Å². The molecule has 1 saturated carbocycles. The van der Waals surface area contributed by atoms with Crippen LogP contribution in [0.4, 0.5) is 0 Å². The van der Waals surface area contributed by atoms with E-state index in [0.29, 0.717) is 11.8 Å². The van der Waals surface area contributed by atoms with Gasteiger partial charge in [0, 0.05) is 6.04 Å². The Labute approximate surface area is 101 Å². The van der Waals surface area contributed by atoms with Crippen molar-refractivity contribution in [1.82, 2.24) is 5.73 Å². The molecular weight excluding hydrogens is 198 g/mol. The summed E-state index contributed by atoms with van der Waals surface area (Å²) < 4.78 is 0. The lowest BCUT2D eigenvalue weighted by atomic mass is 9.83. The first-order valence-electron chi connectivity index (χ1n) is 6.98. The Morgan fingerprint density at radius 1 is 1.12 bits per heavy atom. The maximum atomic E-state index is 9.91. The fourth-order valence-electron chi connectivity index (χ4n) is 2.64. The van der Waals surface area contributed by atoms with Crippen molar-refractivity contribution in [3.63, 3.8) is 0 Å². The molecule has 0 spiro atoms. The van der Waals surface area contributed by atoms with Crippen LogP contribution >= 0.6 is 0 Å². The van der Waals surface area contributed by atoms with Crippen molar-refractivity contribution in [1.29, 1.82) is 0 Å². The molecule has 0 amide bonds. The van der Waals surface area contributed by atoms with Crippen LogP contribution in [-0.4, -0.2) is 17.3 Å². The van der Waals surface area contributed by atoms with Crippen LogP contribution in [0.1, 0.15) is 65.2 Å². The van der Waals surface area contributed by atoms with Gasteiger partial charge in [-0.15, -0.1) is 0 Å². The van der Waals surface area contributed by atoms with Crippen molar-refractivity contribution in [3.05, 3.63) is 0 Å². The summed E-state index contributed by atoms with van der Waals surface area (Å²) in [6, 6.07) is -0.248. The first-order chi connectivity index (χ1) is 7.59. The minimum atomic E-state index is -0.399. The number of hydrogen-bond donors (Lipinski definition) is 1. The van der Waals surface area contributed by atoms with Gasteiger partial charge in [0.2, 0.25) is 0 Å². The standard InChI is InChI=1S/C14H28NO/c1-11(2)8-9-14(16)13(15)10-12-6-4-3-5-7-12/h11-16H,3-10H2,1-2H3/t13-,14-/m0/s1. The summed E-state index contributed by atoms with van der Waals surface area (Å²) >= 11 is 0. The average molecular weight is 226 g/mol. The van der Waals surface area contributed by atoms with E-state index in [9.17, 15) is 5.11 Å². The first kappa shape index (κ1) is 14.0. The summed E-state index contributed by atoms with van der Waals surface area (Å²) in [6.45, 7) is 4.35. The molecule has 0 saturated heterocycles. The van der Waals surface area contributed by atoms with Crippen molar-refractivity contribution in [2.75, 3.05) is 0 Å². The van der Waals surface area contributed by atoms with E-state index in [0.717, 1.165) is 19.3 Å². The van der Waals surface area contributed by atoms with Crippen LogP contribution in [0.15, 0.2) is 0 Å². The molecule has 0 aromatic heterocycles. The second kappa shape index (κ2) is 7.29. The van der Waals surface area contributed by atoms with Crippen LogP contribution in [0.25, 0.3) is 0 Å². The van der Waals surface area contributed by atoms with Crippen LogP contribution in [0.3, 0.4) is 0 Å². The third-order valence-electron chi connectivity index (χ3n) is 3.82. The molecule has 0 heterocycles. The van der Waals surface area contributed by atoms with Crippen molar-refractivity contribution >= 4 is 0 Å². The molecule has 1 rings (SSSR count). The number of hydrogen-bond acceptors (Lipinski definition) is 1. The van der Waals surface area contributed by atoms with Crippen molar-refractivity contribution < 1.29 is 5.11 Å². The normalized spacial score (nSPS) is 22.3. The maximum Gasteiger partial charge on any atom is 0.0706 e. The molecule has 1 aliphatic carbocycles. The van der Waals surface area contributed by atoms with Crippen molar-refractivity contribution in [3.8, 4) is 0 Å². The second-order valence-corrected chi connectivity index (χ2v) is 5.88. The van der Waals surface area contributed by atoms with Gasteiger partial charge in [-0.3, -0.25) is 5.73 Å². The Kier molecular flexibility index (Phi) is 6.37. The third-order valence-corrected chi connectivity index (χ3v) is 3.82. The highest BCUT2D eigenvalue weighted by molar-refractivity contribution is 4.77. The molecule has 16 heavy (non-hydrogen) atoms. The molecule has 95 valence electrons. The van der Waals surface area contributed by atoms with Crippen LogP contribution in [0.2, 0.25) is 0 Å². The molecular formula is C14H28NO. The lowest BCUT2D eigenvalue weighted by Gasteiger charge is -2.26. The maximum absolute atomic E-state index is 9.91. The van der Waals surface area contributed by atoms with E-state index in [1.807, 2.05) is 0 Å². The summed E-state index contributed by atoms with van der Waals surface area (Å²) in [6.07, 6.45) is 8.97. The van der Waals surface area contributed by atoms with E-state index in [4.69, 9.17) is 5.73 Å². The van der Waals surface area contributed by atoms with E-state index < -0.39 is 6.10 Å². The van der Waals surface area contributed by atoms with Crippen LogP contribution in [-0.2, 0) is 0 Å². The lowest BCUT2D eigenvalue weighted by molar-refractivity contribution is 0.109. The Bertz CT molecular complexity index is 176. The molecule has 2 heteroatoms. The Hall–Kier alpha value is -0.0800. The smallest absolute Gasteiger partial charge is 0.0706 e. The zero-order valence-corrected chi connectivity index (χ0v) is 10.9. The number of aliphatic hydroxyl groups is 1. The topological polar surface area (TPSA) is 44.0 Å². The summed E-state index contributed by atoms with van der Waals surface area (Å²) in [5, 5.41) is 9.91. The Morgan fingerprint density at radius 3 is 2.31 bits per heavy atom. The molecule has 2 atom stereocenters. The van der Waals surface area contributed by atoms with Gasteiger partial charge in [-0.25, -0.2) is 0 Å². The SMILES string of the molecule is CC(C)CC[C@H](O)[C@@H]([NH])CC1CCCCC1. The summed E-state index contributed by atoms with van der Waals surface area (Å²) in [7, 11) is 0. The van der Waals surface area contributed by atoms with Gasteiger partial charge in [0.1, 0.15) is 0 Å². The minimum Gasteiger partial charge on any atom is -0.391 e.